The van der Waals surface area contributed by atoms with Gasteiger partial charge in [0, 0.05) is 25.6 Å². The van der Waals surface area contributed by atoms with Crippen molar-refractivity contribution in [2.45, 2.75) is 6.92 Å². The van der Waals surface area contributed by atoms with Crippen LogP contribution in [0.5, 0.6) is 0 Å². The fraction of sp³-hybridized carbons (Fsp3) is 0.200. The predicted molar refractivity (Wildman–Crippen MR) is 55.6 cm³/mol. The zero-order valence-electron chi connectivity index (χ0n) is 8.23. The predicted octanol–water partition coefficient (Wildman–Crippen LogP) is 1.62. The lowest BCUT2D eigenvalue weighted by Crippen LogP contribution is -2.02. The van der Waals surface area contributed by atoms with Crippen molar-refractivity contribution in [3.63, 3.8) is 0 Å². The zero-order chi connectivity index (χ0) is 9.97. The fourth-order valence-corrected chi connectivity index (χ4v) is 1.41. The molecule has 0 radical (unpaired) electrons. The van der Waals surface area contributed by atoms with Crippen molar-refractivity contribution in [2.24, 2.45) is 0 Å². The molecule has 0 spiro atoms. The van der Waals surface area contributed by atoms with E-state index >= 15 is 0 Å². The molecule has 0 aliphatic carbocycles. The van der Waals surface area contributed by atoms with Crippen LogP contribution in [0.25, 0.3) is 5.69 Å². The van der Waals surface area contributed by atoms with Gasteiger partial charge in [0.05, 0.1) is 11.4 Å². The minimum atomic E-state index is 0.820. The summed E-state index contributed by atoms with van der Waals surface area (Å²) in [5, 5.41) is 3.03. The Kier molecular flexibility index (Phi) is 2.18. The second kappa shape index (κ2) is 3.49. The highest BCUT2D eigenvalue weighted by Gasteiger charge is 2.04. The number of anilines is 1. The second-order valence-electron chi connectivity index (χ2n) is 2.98. The van der Waals surface area contributed by atoms with Gasteiger partial charge in [0.25, 0.3) is 0 Å². The van der Waals surface area contributed by atoms with Gasteiger partial charge in [0.15, 0.2) is 0 Å². The number of aryl methyl sites for hydroxylation is 1. The van der Waals surface area contributed by atoms with Gasteiger partial charge in [-0.3, -0.25) is 9.55 Å². The maximum Gasteiger partial charge on any atom is 0.207 e. The zero-order valence-corrected chi connectivity index (χ0v) is 8.23. The van der Waals surface area contributed by atoms with Crippen LogP contribution in [0, 0.1) is 6.92 Å². The van der Waals surface area contributed by atoms with E-state index in [-0.39, 0.29) is 0 Å². The van der Waals surface area contributed by atoms with E-state index in [1.54, 1.807) is 12.4 Å². The van der Waals surface area contributed by atoms with Gasteiger partial charge in [0.1, 0.15) is 0 Å². The van der Waals surface area contributed by atoms with Gasteiger partial charge < -0.3 is 5.32 Å². The van der Waals surface area contributed by atoms with Crippen LogP contribution in [0.4, 0.5) is 5.95 Å². The maximum absolute atomic E-state index is 4.23. The van der Waals surface area contributed by atoms with Gasteiger partial charge >= 0.3 is 0 Å². The lowest BCUT2D eigenvalue weighted by Gasteiger charge is -2.08. The molecule has 0 atom stereocenters. The third-order valence-electron chi connectivity index (χ3n) is 2.10. The molecule has 0 saturated heterocycles. The van der Waals surface area contributed by atoms with Crippen molar-refractivity contribution in [3.05, 3.63) is 36.4 Å². The molecule has 0 unspecified atom stereocenters. The molecule has 2 aromatic rings. The maximum atomic E-state index is 4.23. The fourth-order valence-electron chi connectivity index (χ4n) is 1.41. The van der Waals surface area contributed by atoms with Crippen molar-refractivity contribution in [2.75, 3.05) is 12.4 Å². The molecule has 0 aliphatic rings. The summed E-state index contributed by atoms with van der Waals surface area (Å²) in [5.74, 6) is 0.820. The second-order valence-corrected chi connectivity index (χ2v) is 2.98. The van der Waals surface area contributed by atoms with Gasteiger partial charge in [-0.25, -0.2) is 4.98 Å². The third kappa shape index (κ3) is 1.35. The van der Waals surface area contributed by atoms with E-state index in [1.807, 2.05) is 36.9 Å². The van der Waals surface area contributed by atoms with E-state index in [0.717, 1.165) is 17.3 Å². The van der Waals surface area contributed by atoms with Gasteiger partial charge in [-0.05, 0) is 19.1 Å². The van der Waals surface area contributed by atoms with Crippen LogP contribution in [0.15, 0.2) is 30.7 Å². The lowest BCUT2D eigenvalue weighted by atomic mass is 10.3. The molecule has 1 N–H and O–H groups in total. The van der Waals surface area contributed by atoms with Crippen LogP contribution in [-0.2, 0) is 0 Å². The molecule has 2 rings (SSSR count). The van der Waals surface area contributed by atoms with Crippen LogP contribution in [0.1, 0.15) is 5.69 Å². The number of pyridine rings is 1. The molecule has 0 fully saturated rings. The first-order valence-electron chi connectivity index (χ1n) is 4.46. The molecule has 4 heteroatoms. The van der Waals surface area contributed by atoms with Crippen molar-refractivity contribution >= 4 is 5.95 Å². The average molecular weight is 188 g/mol. The molecule has 0 bridgehead atoms. The summed E-state index contributed by atoms with van der Waals surface area (Å²) >= 11 is 0. The van der Waals surface area contributed by atoms with E-state index in [1.165, 1.54) is 0 Å². The summed E-state index contributed by atoms with van der Waals surface area (Å²) < 4.78 is 1.97. The Morgan fingerprint density at radius 3 is 2.86 bits per heavy atom. The van der Waals surface area contributed by atoms with Crippen molar-refractivity contribution in [3.8, 4) is 5.69 Å². The molecule has 4 nitrogen and oxygen atoms in total. The summed E-state index contributed by atoms with van der Waals surface area (Å²) in [7, 11) is 1.85. The van der Waals surface area contributed by atoms with Crippen LogP contribution in [-0.4, -0.2) is 21.6 Å². The molecule has 0 amide bonds. The molecule has 14 heavy (non-hydrogen) atoms. The number of hydrogen-bond acceptors (Lipinski definition) is 3. The summed E-state index contributed by atoms with van der Waals surface area (Å²) in [4.78, 5) is 8.41. The first-order valence-corrected chi connectivity index (χ1v) is 4.46. The topological polar surface area (TPSA) is 42.7 Å². The molecular weight excluding hydrogens is 176 g/mol. The van der Waals surface area contributed by atoms with Crippen LogP contribution in [0.3, 0.4) is 0 Å². The van der Waals surface area contributed by atoms with E-state index < -0.39 is 0 Å². The number of rotatable bonds is 2. The smallest absolute Gasteiger partial charge is 0.207 e. The highest BCUT2D eigenvalue weighted by atomic mass is 15.2. The number of nitrogens with one attached hydrogen (secondary N) is 1. The molecular formula is C10H12N4. The largest absolute Gasteiger partial charge is 0.358 e. The Balaban J connectivity index is 2.54. The molecule has 0 aliphatic heterocycles. The van der Waals surface area contributed by atoms with E-state index in [4.69, 9.17) is 0 Å². The molecule has 0 saturated carbocycles. The number of aromatic nitrogens is 3. The molecule has 0 aromatic carbocycles. The Bertz CT molecular complexity index is 433. The monoisotopic (exact) mass is 188 g/mol. The molecule has 2 aromatic heterocycles. The number of hydrogen-bond donors (Lipinski definition) is 1. The Morgan fingerprint density at radius 1 is 1.29 bits per heavy atom. The SMILES string of the molecule is CNc1nccn1-c1cccnc1C. The van der Waals surface area contributed by atoms with E-state index in [2.05, 4.69) is 15.3 Å². The minimum absolute atomic E-state index is 0.820. The van der Waals surface area contributed by atoms with Crippen LogP contribution in [0.2, 0.25) is 0 Å². The van der Waals surface area contributed by atoms with E-state index in [0.29, 0.717) is 0 Å². The van der Waals surface area contributed by atoms with Gasteiger partial charge in [-0.2, -0.15) is 0 Å². The highest BCUT2D eigenvalue weighted by molar-refractivity contribution is 5.43. The third-order valence-corrected chi connectivity index (χ3v) is 2.10. The highest BCUT2D eigenvalue weighted by Crippen LogP contribution is 2.15. The number of nitrogens with zero attached hydrogens (tertiary/aromatic N) is 3. The number of imidazole rings is 1. The van der Waals surface area contributed by atoms with Crippen molar-refractivity contribution in [1.29, 1.82) is 0 Å². The minimum Gasteiger partial charge on any atom is -0.358 e. The Morgan fingerprint density at radius 2 is 2.14 bits per heavy atom. The normalized spacial score (nSPS) is 10.1. The summed E-state index contributed by atoms with van der Waals surface area (Å²) in [6, 6.07) is 3.94. The molecule has 72 valence electrons. The Labute approximate surface area is 82.6 Å². The Hall–Kier alpha value is -1.84. The van der Waals surface area contributed by atoms with Crippen LogP contribution < -0.4 is 5.32 Å². The summed E-state index contributed by atoms with van der Waals surface area (Å²) in [6.45, 7) is 1.98. The van der Waals surface area contributed by atoms with Gasteiger partial charge in [-0.15, -0.1) is 0 Å². The lowest BCUT2D eigenvalue weighted by molar-refractivity contribution is 1.01. The average Bonchev–Trinajstić information content (AvgIpc) is 2.66. The van der Waals surface area contributed by atoms with Gasteiger partial charge in [-0.1, -0.05) is 0 Å². The first-order chi connectivity index (χ1) is 6.83. The van der Waals surface area contributed by atoms with E-state index in [9.17, 15) is 0 Å². The van der Waals surface area contributed by atoms with Crippen molar-refractivity contribution in [1.82, 2.24) is 14.5 Å². The quantitative estimate of drug-likeness (QED) is 0.778. The summed E-state index contributed by atoms with van der Waals surface area (Å²) in [5.41, 5.74) is 2.04. The standard InChI is InChI=1S/C10H12N4/c1-8-9(4-3-5-12-8)14-7-6-13-10(14)11-2/h3-7H,1-2H3,(H,11,13). The van der Waals surface area contributed by atoms with Gasteiger partial charge in [0.2, 0.25) is 5.95 Å². The summed E-state index contributed by atoms with van der Waals surface area (Å²) in [6.07, 6.45) is 5.46. The van der Waals surface area contributed by atoms with Crippen LogP contribution >= 0.6 is 0 Å². The van der Waals surface area contributed by atoms with Crippen molar-refractivity contribution < 1.29 is 0 Å². The molecule has 2 heterocycles. The first kappa shape index (κ1) is 8.74.